The number of ether oxygens (including phenoxy) is 2. The molecule has 1 aliphatic rings. The summed E-state index contributed by atoms with van der Waals surface area (Å²) in [7, 11) is 1.71. The summed E-state index contributed by atoms with van der Waals surface area (Å²) in [5, 5.41) is 11.8. The van der Waals surface area contributed by atoms with Crippen molar-refractivity contribution in [1.82, 2.24) is 19.4 Å². The Morgan fingerprint density at radius 2 is 1.97 bits per heavy atom. The van der Waals surface area contributed by atoms with Crippen molar-refractivity contribution in [2.75, 3.05) is 39.2 Å². The van der Waals surface area contributed by atoms with Gasteiger partial charge in [0.05, 0.1) is 17.6 Å². The summed E-state index contributed by atoms with van der Waals surface area (Å²) in [6, 6.07) is 8.45. The number of hydrogen-bond acceptors (Lipinski definition) is 7. The zero-order valence-electron chi connectivity index (χ0n) is 20.1. The Morgan fingerprint density at radius 1 is 1.21 bits per heavy atom. The van der Waals surface area contributed by atoms with E-state index in [0.29, 0.717) is 18.5 Å². The number of benzene rings is 1. The minimum absolute atomic E-state index is 0.361. The lowest BCUT2D eigenvalue weighted by Gasteiger charge is -2.42. The number of aromatic nitrogens is 3. The highest BCUT2D eigenvalue weighted by molar-refractivity contribution is 6.06. The van der Waals surface area contributed by atoms with Gasteiger partial charge in [0.2, 0.25) is 0 Å². The Kier molecular flexibility index (Phi) is 7.48. The van der Waals surface area contributed by atoms with Crippen LogP contribution in [0.4, 0.5) is 5.82 Å². The topological polar surface area (TPSA) is 98.7 Å². The van der Waals surface area contributed by atoms with E-state index in [1.807, 2.05) is 32.0 Å². The van der Waals surface area contributed by atoms with Crippen molar-refractivity contribution in [2.24, 2.45) is 0 Å². The number of nitrogens with zero attached hydrogens (tertiary/aromatic N) is 4. The van der Waals surface area contributed by atoms with Crippen molar-refractivity contribution < 1.29 is 14.6 Å². The van der Waals surface area contributed by atoms with Crippen LogP contribution in [0.5, 0.6) is 0 Å². The Balaban J connectivity index is 1.55. The van der Waals surface area contributed by atoms with Crippen molar-refractivity contribution in [2.45, 2.75) is 64.3 Å². The van der Waals surface area contributed by atoms with Crippen LogP contribution in [0.2, 0.25) is 0 Å². The third-order valence-corrected chi connectivity index (χ3v) is 6.58. The SMILES string of the molecule is COCCc1nc2c(N)nc3ccccc3c2n1CCCCN(C1CCOCC1)C(C)(C)O. The number of hydrogen-bond donors (Lipinski definition) is 2. The zero-order chi connectivity index (χ0) is 23.4. The lowest BCUT2D eigenvalue weighted by molar-refractivity contribution is -0.119. The number of rotatable bonds is 10. The average Bonchev–Trinajstić information content (AvgIpc) is 3.16. The van der Waals surface area contributed by atoms with E-state index in [1.165, 1.54) is 0 Å². The van der Waals surface area contributed by atoms with Gasteiger partial charge in [-0.15, -0.1) is 0 Å². The summed E-state index contributed by atoms with van der Waals surface area (Å²) in [5.41, 5.74) is 8.15. The van der Waals surface area contributed by atoms with E-state index in [2.05, 4.69) is 20.5 Å². The second-order valence-corrected chi connectivity index (χ2v) is 9.37. The first-order valence-electron chi connectivity index (χ1n) is 12.0. The molecule has 0 saturated carbocycles. The lowest BCUT2D eigenvalue weighted by atomic mass is 10.0. The van der Waals surface area contributed by atoms with Gasteiger partial charge < -0.3 is 24.9 Å². The highest BCUT2D eigenvalue weighted by atomic mass is 16.5. The first kappa shape index (κ1) is 23.9. The van der Waals surface area contributed by atoms with E-state index < -0.39 is 5.72 Å². The summed E-state index contributed by atoms with van der Waals surface area (Å²) >= 11 is 0. The van der Waals surface area contributed by atoms with Crippen molar-refractivity contribution in [3.8, 4) is 0 Å². The van der Waals surface area contributed by atoms with Crippen LogP contribution >= 0.6 is 0 Å². The molecule has 1 aromatic carbocycles. The summed E-state index contributed by atoms with van der Waals surface area (Å²) in [6.07, 6.45) is 4.60. The van der Waals surface area contributed by atoms with Crippen molar-refractivity contribution in [3.63, 3.8) is 0 Å². The summed E-state index contributed by atoms with van der Waals surface area (Å²) in [5.74, 6) is 1.44. The summed E-state index contributed by atoms with van der Waals surface area (Å²) in [4.78, 5) is 11.7. The monoisotopic (exact) mass is 455 g/mol. The number of aryl methyl sites for hydroxylation is 1. The molecule has 0 unspecified atom stereocenters. The van der Waals surface area contributed by atoms with Crippen LogP contribution in [0.3, 0.4) is 0 Å². The van der Waals surface area contributed by atoms with Gasteiger partial charge in [-0.25, -0.2) is 9.97 Å². The van der Waals surface area contributed by atoms with Crippen LogP contribution in [0, 0.1) is 0 Å². The van der Waals surface area contributed by atoms with Gasteiger partial charge in [0.25, 0.3) is 0 Å². The number of nitrogens with two attached hydrogens (primary N) is 1. The van der Waals surface area contributed by atoms with E-state index >= 15 is 0 Å². The first-order valence-corrected chi connectivity index (χ1v) is 12.0. The van der Waals surface area contributed by atoms with Crippen molar-refractivity contribution >= 4 is 27.8 Å². The molecule has 4 rings (SSSR count). The maximum atomic E-state index is 10.8. The second-order valence-electron chi connectivity index (χ2n) is 9.37. The third-order valence-electron chi connectivity index (χ3n) is 6.58. The highest BCUT2D eigenvalue weighted by Crippen LogP contribution is 2.29. The van der Waals surface area contributed by atoms with Crippen LogP contribution in [0.25, 0.3) is 21.9 Å². The molecule has 8 nitrogen and oxygen atoms in total. The standard InChI is InChI=1S/C25H37N5O3/c1-25(2,31)30(18-10-16-33-17-11-18)14-7-6-13-29-21(12-15-32-3)28-22-23(29)19-8-4-5-9-20(19)27-24(22)26/h4-5,8-9,18,31H,6-7,10-17H2,1-3H3,(H2,26,27). The van der Waals surface area contributed by atoms with Gasteiger partial charge in [0, 0.05) is 51.3 Å². The van der Waals surface area contributed by atoms with Gasteiger partial charge in [-0.05, 0) is 45.6 Å². The number of imidazole rings is 1. The Bertz CT molecular complexity index is 1070. The largest absolute Gasteiger partial charge is 0.384 e. The lowest BCUT2D eigenvalue weighted by Crippen LogP contribution is -2.52. The molecule has 1 saturated heterocycles. The first-order chi connectivity index (χ1) is 15.9. The van der Waals surface area contributed by atoms with Gasteiger partial charge in [-0.1, -0.05) is 18.2 Å². The van der Waals surface area contributed by atoms with E-state index in [1.54, 1.807) is 7.11 Å². The molecule has 0 atom stereocenters. The van der Waals surface area contributed by atoms with Crippen LogP contribution < -0.4 is 5.73 Å². The minimum Gasteiger partial charge on any atom is -0.384 e. The molecule has 3 heterocycles. The highest BCUT2D eigenvalue weighted by Gasteiger charge is 2.31. The number of methoxy groups -OCH3 is 1. The molecule has 0 amide bonds. The smallest absolute Gasteiger partial charge is 0.152 e. The number of unbranched alkanes of at least 4 members (excludes halogenated alkanes) is 1. The zero-order valence-corrected chi connectivity index (χ0v) is 20.1. The van der Waals surface area contributed by atoms with Gasteiger partial charge in [-0.2, -0.15) is 0 Å². The number of para-hydroxylation sites is 1. The van der Waals surface area contributed by atoms with Crippen LogP contribution in [0.1, 0.15) is 45.4 Å². The van der Waals surface area contributed by atoms with E-state index in [0.717, 1.165) is 86.2 Å². The molecule has 0 spiro atoms. The fraction of sp³-hybridized carbons (Fsp3) is 0.600. The molecule has 8 heteroatoms. The molecule has 3 N–H and O–H groups in total. The Labute approximate surface area is 195 Å². The van der Waals surface area contributed by atoms with Gasteiger partial charge in [0.1, 0.15) is 17.1 Å². The molecular formula is C25H37N5O3. The van der Waals surface area contributed by atoms with E-state index in [4.69, 9.17) is 20.2 Å². The minimum atomic E-state index is -0.844. The molecule has 1 aliphatic heterocycles. The fourth-order valence-corrected chi connectivity index (χ4v) is 4.98. The second kappa shape index (κ2) is 10.3. The molecule has 1 fully saturated rings. The predicted molar refractivity (Wildman–Crippen MR) is 131 cm³/mol. The molecule has 2 aromatic heterocycles. The van der Waals surface area contributed by atoms with Gasteiger partial charge in [-0.3, -0.25) is 4.90 Å². The molecule has 3 aromatic rings. The number of fused-ring (bicyclic) bond motifs is 3. The summed E-state index contributed by atoms with van der Waals surface area (Å²) < 4.78 is 13.1. The summed E-state index contributed by atoms with van der Waals surface area (Å²) in [6.45, 7) is 7.58. The van der Waals surface area contributed by atoms with E-state index in [9.17, 15) is 5.11 Å². The molecule has 180 valence electrons. The van der Waals surface area contributed by atoms with Gasteiger partial charge in [0.15, 0.2) is 5.82 Å². The normalized spacial score (nSPS) is 15.8. The van der Waals surface area contributed by atoms with E-state index in [-0.39, 0.29) is 0 Å². The Hall–Kier alpha value is -2.26. The van der Waals surface area contributed by atoms with Crippen LogP contribution in [0.15, 0.2) is 24.3 Å². The molecule has 0 aliphatic carbocycles. The maximum absolute atomic E-state index is 10.8. The number of anilines is 1. The molecule has 0 radical (unpaired) electrons. The molecule has 0 bridgehead atoms. The predicted octanol–water partition coefficient (Wildman–Crippen LogP) is 3.35. The fourth-order valence-electron chi connectivity index (χ4n) is 4.98. The van der Waals surface area contributed by atoms with Crippen molar-refractivity contribution in [1.29, 1.82) is 0 Å². The average molecular weight is 456 g/mol. The number of nitrogen functional groups attached to an aromatic ring is 1. The number of aliphatic hydroxyl groups is 1. The number of pyridine rings is 1. The third kappa shape index (κ3) is 5.30. The van der Waals surface area contributed by atoms with Gasteiger partial charge >= 0.3 is 0 Å². The quantitative estimate of drug-likeness (QED) is 0.357. The maximum Gasteiger partial charge on any atom is 0.152 e. The molecular weight excluding hydrogens is 418 g/mol. The Morgan fingerprint density at radius 3 is 2.70 bits per heavy atom. The van der Waals surface area contributed by atoms with Crippen LogP contribution in [-0.4, -0.2) is 69.8 Å². The van der Waals surface area contributed by atoms with Crippen molar-refractivity contribution in [3.05, 3.63) is 30.1 Å². The molecule has 33 heavy (non-hydrogen) atoms. The van der Waals surface area contributed by atoms with Crippen LogP contribution in [-0.2, 0) is 22.4 Å².